The highest BCUT2D eigenvalue weighted by Gasteiger charge is 2.29. The van der Waals surface area contributed by atoms with Crippen molar-refractivity contribution in [2.75, 3.05) is 7.11 Å². The minimum Gasteiger partial charge on any atom is -0.277 e. The highest BCUT2D eigenvalue weighted by molar-refractivity contribution is 5.94. The maximum absolute atomic E-state index is 12.3. The normalized spacial score (nSPS) is 12.4. The average Bonchev–Trinajstić information content (AvgIpc) is 2.28. The fourth-order valence-corrected chi connectivity index (χ4v) is 1.33. The molecule has 0 radical (unpaired) electrons. The predicted molar refractivity (Wildman–Crippen MR) is 60.2 cm³/mol. The summed E-state index contributed by atoms with van der Waals surface area (Å²) in [6.07, 6.45) is -3.12. The van der Waals surface area contributed by atoms with Gasteiger partial charge in [-0.15, -0.1) is 0 Å². The number of alkyl halides is 3. The van der Waals surface area contributed by atoms with Gasteiger partial charge in [-0.2, -0.15) is 13.2 Å². The summed E-state index contributed by atoms with van der Waals surface area (Å²) >= 11 is 0. The minimum atomic E-state index is -4.36. The Balaban J connectivity index is 2.89. The Morgan fingerprint density at radius 1 is 1.28 bits per heavy atom. The van der Waals surface area contributed by atoms with Gasteiger partial charge in [-0.3, -0.25) is 9.63 Å². The van der Waals surface area contributed by atoms with Crippen molar-refractivity contribution in [3.05, 3.63) is 41.5 Å². The summed E-state index contributed by atoms with van der Waals surface area (Å²) in [7, 11) is 1.29. The summed E-state index contributed by atoms with van der Waals surface area (Å²) in [6, 6.07) is 4.57. The van der Waals surface area contributed by atoms with Gasteiger partial charge in [-0.1, -0.05) is 12.1 Å². The summed E-state index contributed by atoms with van der Waals surface area (Å²) in [5.41, 5.74) is 2.44. The molecule has 0 unspecified atom stereocenters. The van der Waals surface area contributed by atoms with Gasteiger partial charge >= 0.3 is 6.18 Å². The fraction of sp³-hybridized carbons (Fsp3) is 0.250. The van der Waals surface area contributed by atoms with Crippen LogP contribution < -0.4 is 5.48 Å². The van der Waals surface area contributed by atoms with Crippen molar-refractivity contribution in [1.82, 2.24) is 5.48 Å². The van der Waals surface area contributed by atoms with Crippen LogP contribution in [0.2, 0.25) is 0 Å². The SMILES string of the molecule is CONC(=O)/C=C(\C)c1ccc(C(F)(F)F)cc1. The number of rotatable bonds is 3. The third kappa shape index (κ3) is 3.89. The molecule has 18 heavy (non-hydrogen) atoms. The molecule has 1 rings (SSSR count). The van der Waals surface area contributed by atoms with Crippen LogP contribution in [0.5, 0.6) is 0 Å². The molecule has 0 aromatic heterocycles. The van der Waals surface area contributed by atoms with Gasteiger partial charge in [0.05, 0.1) is 12.7 Å². The standard InChI is InChI=1S/C12H12F3NO2/c1-8(7-11(17)16-18-2)9-3-5-10(6-4-9)12(13,14)15/h3-7H,1-2H3,(H,16,17)/b8-7+. The molecule has 3 nitrogen and oxygen atoms in total. The Kier molecular flexibility index (Phi) is 4.49. The number of allylic oxidation sites excluding steroid dienone is 1. The lowest BCUT2D eigenvalue weighted by molar-refractivity contribution is -0.137. The van der Waals surface area contributed by atoms with E-state index in [4.69, 9.17) is 0 Å². The van der Waals surface area contributed by atoms with E-state index >= 15 is 0 Å². The first-order chi connectivity index (χ1) is 8.34. The smallest absolute Gasteiger partial charge is 0.277 e. The number of hydrogen-bond acceptors (Lipinski definition) is 2. The van der Waals surface area contributed by atoms with Crippen molar-refractivity contribution < 1.29 is 22.8 Å². The molecule has 0 heterocycles. The summed E-state index contributed by atoms with van der Waals surface area (Å²) in [5, 5.41) is 0. The van der Waals surface area contributed by atoms with E-state index in [0.717, 1.165) is 12.1 Å². The Hall–Kier alpha value is -1.82. The predicted octanol–water partition coefficient (Wildman–Crippen LogP) is 2.79. The van der Waals surface area contributed by atoms with E-state index < -0.39 is 17.6 Å². The van der Waals surface area contributed by atoms with E-state index in [2.05, 4.69) is 10.3 Å². The molecular formula is C12H12F3NO2. The molecule has 1 aromatic carbocycles. The summed E-state index contributed by atoms with van der Waals surface area (Å²) < 4.78 is 37.0. The van der Waals surface area contributed by atoms with Gasteiger partial charge in [0, 0.05) is 6.08 Å². The maximum atomic E-state index is 12.3. The lowest BCUT2D eigenvalue weighted by atomic mass is 10.0. The molecule has 0 bridgehead atoms. The van der Waals surface area contributed by atoms with Crippen LogP contribution in [0.4, 0.5) is 13.2 Å². The van der Waals surface area contributed by atoms with Gasteiger partial charge in [0.15, 0.2) is 0 Å². The van der Waals surface area contributed by atoms with Gasteiger partial charge < -0.3 is 0 Å². The van der Waals surface area contributed by atoms with Crippen molar-refractivity contribution in [1.29, 1.82) is 0 Å². The number of benzene rings is 1. The number of amides is 1. The number of halogens is 3. The van der Waals surface area contributed by atoms with Crippen LogP contribution in [0.25, 0.3) is 5.57 Å². The second kappa shape index (κ2) is 5.68. The number of carbonyl (C=O) groups is 1. The molecule has 0 aliphatic rings. The number of carbonyl (C=O) groups excluding carboxylic acids is 1. The van der Waals surface area contributed by atoms with Crippen LogP contribution >= 0.6 is 0 Å². The Morgan fingerprint density at radius 2 is 1.83 bits per heavy atom. The molecule has 0 aliphatic carbocycles. The Labute approximate surface area is 102 Å². The molecule has 0 fully saturated rings. The highest BCUT2D eigenvalue weighted by Crippen LogP contribution is 2.29. The van der Waals surface area contributed by atoms with E-state index in [-0.39, 0.29) is 0 Å². The van der Waals surface area contributed by atoms with Crippen molar-refractivity contribution in [2.45, 2.75) is 13.1 Å². The molecule has 0 atom stereocenters. The summed E-state index contributed by atoms with van der Waals surface area (Å²) in [4.78, 5) is 15.6. The van der Waals surface area contributed by atoms with Crippen molar-refractivity contribution in [3.63, 3.8) is 0 Å². The first-order valence-corrected chi connectivity index (χ1v) is 5.03. The lowest BCUT2D eigenvalue weighted by Gasteiger charge is -2.07. The number of hydrogen-bond donors (Lipinski definition) is 1. The van der Waals surface area contributed by atoms with Crippen LogP contribution in [0.15, 0.2) is 30.3 Å². The molecule has 0 aliphatic heterocycles. The van der Waals surface area contributed by atoms with E-state index in [1.807, 2.05) is 0 Å². The van der Waals surface area contributed by atoms with E-state index in [0.29, 0.717) is 11.1 Å². The summed E-state index contributed by atoms with van der Waals surface area (Å²) in [6.45, 7) is 1.62. The van der Waals surface area contributed by atoms with Gasteiger partial charge in [-0.05, 0) is 30.2 Å². The second-order valence-corrected chi connectivity index (χ2v) is 3.57. The third-order valence-electron chi connectivity index (χ3n) is 2.22. The van der Waals surface area contributed by atoms with Crippen LogP contribution in [-0.4, -0.2) is 13.0 Å². The van der Waals surface area contributed by atoms with E-state index in [1.165, 1.54) is 25.3 Å². The van der Waals surface area contributed by atoms with Crippen molar-refractivity contribution in [2.24, 2.45) is 0 Å². The summed E-state index contributed by atoms with van der Waals surface area (Å²) in [5.74, 6) is -0.477. The monoisotopic (exact) mass is 259 g/mol. The quantitative estimate of drug-likeness (QED) is 0.669. The molecule has 6 heteroatoms. The molecule has 1 N–H and O–H groups in total. The lowest BCUT2D eigenvalue weighted by Crippen LogP contribution is -2.19. The van der Waals surface area contributed by atoms with Crippen molar-refractivity contribution >= 4 is 11.5 Å². The zero-order valence-electron chi connectivity index (χ0n) is 9.84. The second-order valence-electron chi connectivity index (χ2n) is 3.57. The van der Waals surface area contributed by atoms with Gasteiger partial charge in [0.25, 0.3) is 5.91 Å². The minimum absolute atomic E-state index is 0.477. The first kappa shape index (κ1) is 14.2. The molecule has 0 saturated carbocycles. The maximum Gasteiger partial charge on any atom is 0.416 e. The van der Waals surface area contributed by atoms with Crippen LogP contribution in [0.1, 0.15) is 18.1 Å². The van der Waals surface area contributed by atoms with Crippen LogP contribution in [-0.2, 0) is 15.8 Å². The average molecular weight is 259 g/mol. The molecule has 1 aromatic rings. The zero-order valence-corrected chi connectivity index (χ0v) is 9.84. The third-order valence-corrected chi connectivity index (χ3v) is 2.22. The van der Waals surface area contributed by atoms with Crippen molar-refractivity contribution in [3.8, 4) is 0 Å². The fourth-order valence-electron chi connectivity index (χ4n) is 1.33. The van der Waals surface area contributed by atoms with Gasteiger partial charge in [0.2, 0.25) is 0 Å². The topological polar surface area (TPSA) is 38.3 Å². The largest absolute Gasteiger partial charge is 0.416 e. The molecule has 0 spiro atoms. The molecule has 98 valence electrons. The highest BCUT2D eigenvalue weighted by atomic mass is 19.4. The molecule has 0 saturated heterocycles. The van der Waals surface area contributed by atoms with Crippen LogP contribution in [0.3, 0.4) is 0 Å². The number of hydroxylamine groups is 1. The Bertz CT molecular complexity index is 449. The van der Waals surface area contributed by atoms with Gasteiger partial charge in [-0.25, -0.2) is 5.48 Å². The molecule has 1 amide bonds. The van der Waals surface area contributed by atoms with Crippen LogP contribution in [0, 0.1) is 0 Å². The van der Waals surface area contributed by atoms with Gasteiger partial charge in [0.1, 0.15) is 0 Å². The van der Waals surface area contributed by atoms with E-state index in [1.54, 1.807) is 6.92 Å². The Morgan fingerprint density at radius 3 is 2.28 bits per heavy atom. The zero-order chi connectivity index (χ0) is 13.8. The van der Waals surface area contributed by atoms with E-state index in [9.17, 15) is 18.0 Å². The first-order valence-electron chi connectivity index (χ1n) is 5.03. The number of nitrogens with one attached hydrogen (secondary N) is 1. The molecular weight excluding hydrogens is 247 g/mol.